The van der Waals surface area contributed by atoms with Crippen LogP contribution in [0.25, 0.3) is 0 Å². The maximum Gasteiger partial charge on any atom is 0.325 e. The van der Waals surface area contributed by atoms with Crippen LogP contribution in [-0.2, 0) is 25.7 Å². The highest BCUT2D eigenvalue weighted by Gasteiger charge is 2.24. The van der Waals surface area contributed by atoms with Crippen LogP contribution in [-0.4, -0.2) is 50.6 Å². The highest BCUT2D eigenvalue weighted by molar-refractivity contribution is 6.30. The SMILES string of the molecule is COC(=O)CN(Cc1cc(OC)cc(OC)c1)C(=O)CC(NC(C)=O)c1ccc(Cl)cc1. The van der Waals surface area contributed by atoms with Gasteiger partial charge in [-0.05, 0) is 35.4 Å². The molecule has 9 heteroatoms. The molecule has 0 bridgehead atoms. The maximum absolute atomic E-state index is 13.2. The molecule has 0 saturated heterocycles. The molecule has 2 rings (SSSR count). The van der Waals surface area contributed by atoms with E-state index < -0.39 is 12.0 Å². The van der Waals surface area contributed by atoms with E-state index in [0.29, 0.717) is 22.1 Å². The Morgan fingerprint density at radius 2 is 1.59 bits per heavy atom. The Morgan fingerprint density at radius 1 is 1.00 bits per heavy atom. The van der Waals surface area contributed by atoms with Crippen molar-refractivity contribution in [3.63, 3.8) is 0 Å². The molecule has 172 valence electrons. The number of hydrogen-bond donors (Lipinski definition) is 1. The van der Waals surface area contributed by atoms with Crippen molar-refractivity contribution >= 4 is 29.4 Å². The molecule has 2 aromatic carbocycles. The number of nitrogens with zero attached hydrogens (tertiary/aromatic N) is 1. The van der Waals surface area contributed by atoms with Crippen molar-refractivity contribution in [1.29, 1.82) is 0 Å². The van der Waals surface area contributed by atoms with E-state index in [2.05, 4.69) is 5.32 Å². The molecule has 0 saturated carbocycles. The molecule has 0 aliphatic heterocycles. The van der Waals surface area contributed by atoms with Gasteiger partial charge in [0.25, 0.3) is 0 Å². The zero-order valence-electron chi connectivity index (χ0n) is 18.5. The second-order valence-electron chi connectivity index (χ2n) is 7.06. The fraction of sp³-hybridized carbons (Fsp3) is 0.348. The summed E-state index contributed by atoms with van der Waals surface area (Å²) in [5, 5.41) is 3.33. The lowest BCUT2D eigenvalue weighted by molar-refractivity contribution is -0.147. The Labute approximate surface area is 192 Å². The summed E-state index contributed by atoms with van der Waals surface area (Å²) in [5.74, 6) is -0.0688. The van der Waals surface area contributed by atoms with Crippen molar-refractivity contribution in [1.82, 2.24) is 10.2 Å². The third-order valence-electron chi connectivity index (χ3n) is 4.71. The molecule has 32 heavy (non-hydrogen) atoms. The minimum absolute atomic E-state index is 0.0562. The molecule has 0 radical (unpaired) electrons. The third kappa shape index (κ3) is 7.46. The Morgan fingerprint density at radius 3 is 2.09 bits per heavy atom. The summed E-state index contributed by atoms with van der Waals surface area (Å²) in [6, 6.07) is 11.5. The predicted molar refractivity (Wildman–Crippen MR) is 120 cm³/mol. The van der Waals surface area contributed by atoms with Crippen LogP contribution in [0.4, 0.5) is 0 Å². The van der Waals surface area contributed by atoms with E-state index in [1.165, 1.54) is 33.2 Å². The van der Waals surface area contributed by atoms with Crippen LogP contribution in [0.5, 0.6) is 11.5 Å². The minimum atomic E-state index is -0.586. The van der Waals surface area contributed by atoms with E-state index >= 15 is 0 Å². The third-order valence-corrected chi connectivity index (χ3v) is 4.97. The fourth-order valence-electron chi connectivity index (χ4n) is 3.13. The number of amides is 2. The number of hydrogen-bond acceptors (Lipinski definition) is 6. The fourth-order valence-corrected chi connectivity index (χ4v) is 3.25. The van der Waals surface area contributed by atoms with Gasteiger partial charge in [-0.15, -0.1) is 0 Å². The molecule has 1 unspecified atom stereocenters. The van der Waals surface area contributed by atoms with Gasteiger partial charge in [0, 0.05) is 24.6 Å². The zero-order chi connectivity index (χ0) is 23.7. The molecule has 2 aromatic rings. The lowest BCUT2D eigenvalue weighted by Gasteiger charge is -2.25. The second-order valence-corrected chi connectivity index (χ2v) is 7.49. The quantitative estimate of drug-likeness (QED) is 0.545. The van der Waals surface area contributed by atoms with Gasteiger partial charge in [-0.1, -0.05) is 23.7 Å². The summed E-state index contributed by atoms with van der Waals surface area (Å²) in [4.78, 5) is 38.3. The highest BCUT2D eigenvalue weighted by atomic mass is 35.5. The molecule has 0 aromatic heterocycles. The maximum atomic E-state index is 13.2. The Balaban J connectivity index is 2.29. The van der Waals surface area contributed by atoms with E-state index in [1.54, 1.807) is 42.5 Å². The van der Waals surface area contributed by atoms with E-state index in [9.17, 15) is 14.4 Å². The first kappa shape index (κ1) is 25.0. The smallest absolute Gasteiger partial charge is 0.325 e. The minimum Gasteiger partial charge on any atom is -0.497 e. The van der Waals surface area contributed by atoms with Crippen LogP contribution in [0.15, 0.2) is 42.5 Å². The number of halogens is 1. The molecular formula is C23H27ClN2O6. The van der Waals surface area contributed by atoms with Crippen LogP contribution in [0.3, 0.4) is 0 Å². The van der Waals surface area contributed by atoms with E-state index in [-0.39, 0.29) is 31.3 Å². The molecule has 2 amide bonds. The van der Waals surface area contributed by atoms with Crippen molar-refractivity contribution in [2.24, 2.45) is 0 Å². The van der Waals surface area contributed by atoms with Gasteiger partial charge in [-0.3, -0.25) is 14.4 Å². The van der Waals surface area contributed by atoms with Crippen LogP contribution in [0.2, 0.25) is 5.02 Å². The summed E-state index contributed by atoms with van der Waals surface area (Å²) in [6.45, 7) is 1.25. The van der Waals surface area contributed by atoms with Crippen LogP contribution in [0.1, 0.15) is 30.5 Å². The van der Waals surface area contributed by atoms with Gasteiger partial charge < -0.3 is 24.4 Å². The highest BCUT2D eigenvalue weighted by Crippen LogP contribution is 2.25. The van der Waals surface area contributed by atoms with Gasteiger partial charge >= 0.3 is 5.97 Å². The van der Waals surface area contributed by atoms with Gasteiger partial charge in [-0.2, -0.15) is 0 Å². The van der Waals surface area contributed by atoms with Gasteiger partial charge in [-0.25, -0.2) is 0 Å². The number of benzene rings is 2. The van der Waals surface area contributed by atoms with E-state index in [0.717, 1.165) is 5.56 Å². The Bertz CT molecular complexity index is 926. The first-order valence-corrected chi connectivity index (χ1v) is 10.2. The van der Waals surface area contributed by atoms with Gasteiger partial charge in [0.05, 0.1) is 33.8 Å². The standard InChI is InChI=1S/C23H27ClN2O6/c1-15(27)25-21(17-5-7-18(24)8-6-17)12-22(28)26(14-23(29)32-4)13-16-9-19(30-2)11-20(10-16)31-3/h5-11,21H,12-14H2,1-4H3,(H,25,27). The monoisotopic (exact) mass is 462 g/mol. The molecular weight excluding hydrogens is 436 g/mol. The first-order chi connectivity index (χ1) is 15.2. The molecule has 0 fully saturated rings. The number of carbonyl (C=O) groups is 3. The Hall–Kier alpha value is -3.26. The average Bonchev–Trinajstić information content (AvgIpc) is 2.77. The summed E-state index contributed by atoms with van der Waals surface area (Å²) >= 11 is 5.96. The predicted octanol–water partition coefficient (Wildman–Crippen LogP) is 3.13. The van der Waals surface area contributed by atoms with Crippen LogP contribution in [0, 0.1) is 0 Å². The number of rotatable bonds is 10. The lowest BCUT2D eigenvalue weighted by atomic mass is 10.0. The van der Waals surface area contributed by atoms with Crippen molar-refractivity contribution in [3.05, 3.63) is 58.6 Å². The number of ether oxygens (including phenoxy) is 3. The first-order valence-electron chi connectivity index (χ1n) is 9.84. The number of esters is 1. The number of carbonyl (C=O) groups excluding carboxylic acids is 3. The van der Waals surface area contributed by atoms with Crippen LogP contribution >= 0.6 is 11.6 Å². The lowest BCUT2D eigenvalue weighted by Crippen LogP contribution is -2.38. The Kier molecular flexibility index (Phi) is 9.34. The average molecular weight is 463 g/mol. The molecule has 0 aliphatic carbocycles. The van der Waals surface area contributed by atoms with E-state index in [4.69, 9.17) is 25.8 Å². The van der Waals surface area contributed by atoms with Crippen molar-refractivity contribution in [2.75, 3.05) is 27.9 Å². The second kappa shape index (κ2) is 12.0. The van der Waals surface area contributed by atoms with E-state index in [1.807, 2.05) is 0 Å². The van der Waals surface area contributed by atoms with Crippen LogP contribution < -0.4 is 14.8 Å². The van der Waals surface area contributed by atoms with Gasteiger partial charge in [0.2, 0.25) is 11.8 Å². The molecule has 0 heterocycles. The number of nitrogens with one attached hydrogen (secondary N) is 1. The van der Waals surface area contributed by atoms with Crippen molar-refractivity contribution in [2.45, 2.75) is 25.9 Å². The molecule has 0 aliphatic rings. The summed E-state index contributed by atoms with van der Waals surface area (Å²) in [6.07, 6.45) is -0.0562. The van der Waals surface area contributed by atoms with Gasteiger partial charge in [0.15, 0.2) is 0 Å². The van der Waals surface area contributed by atoms with Crippen molar-refractivity contribution in [3.8, 4) is 11.5 Å². The zero-order valence-corrected chi connectivity index (χ0v) is 19.3. The van der Waals surface area contributed by atoms with Crippen molar-refractivity contribution < 1.29 is 28.6 Å². The topological polar surface area (TPSA) is 94.2 Å². The largest absolute Gasteiger partial charge is 0.497 e. The molecule has 1 atom stereocenters. The molecule has 1 N–H and O–H groups in total. The normalized spacial score (nSPS) is 11.3. The summed E-state index contributed by atoms with van der Waals surface area (Å²) < 4.78 is 15.3. The summed E-state index contributed by atoms with van der Waals surface area (Å²) in [7, 11) is 4.31. The molecule has 8 nitrogen and oxygen atoms in total. The molecule has 0 spiro atoms. The van der Waals surface area contributed by atoms with Gasteiger partial charge in [0.1, 0.15) is 18.0 Å². The number of methoxy groups -OCH3 is 3. The summed E-state index contributed by atoms with van der Waals surface area (Å²) in [5.41, 5.74) is 1.43.